The highest BCUT2D eigenvalue weighted by Gasteiger charge is 2.35. The maximum Gasteiger partial charge on any atom is 0.329 e. The lowest BCUT2D eigenvalue weighted by Gasteiger charge is -2.14. The van der Waals surface area contributed by atoms with Gasteiger partial charge in [0.1, 0.15) is 18.8 Å². The van der Waals surface area contributed by atoms with Crippen molar-refractivity contribution < 1.29 is 23.9 Å². The Morgan fingerprint density at radius 1 is 1.13 bits per heavy atom. The van der Waals surface area contributed by atoms with Gasteiger partial charge in [-0.25, -0.2) is 9.69 Å². The number of rotatable bonds is 8. The van der Waals surface area contributed by atoms with E-state index in [1.54, 1.807) is 42.5 Å². The fraction of sp³-hybridized carbons (Fsp3) is 0.143. The molecule has 10 heteroatoms. The molecule has 0 radical (unpaired) electrons. The highest BCUT2D eigenvalue weighted by molar-refractivity contribution is 9.10. The number of amides is 4. The maximum atomic E-state index is 12.9. The molecular weight excluding hydrogens is 552 g/mol. The highest BCUT2D eigenvalue weighted by Crippen LogP contribution is 2.35. The minimum absolute atomic E-state index is 0.0116. The summed E-state index contributed by atoms with van der Waals surface area (Å²) < 4.78 is 11.9. The van der Waals surface area contributed by atoms with Gasteiger partial charge >= 0.3 is 6.03 Å². The number of hydrogen-bond donors (Lipinski definition) is 2. The van der Waals surface area contributed by atoms with E-state index in [2.05, 4.69) is 32.6 Å². The van der Waals surface area contributed by atoms with Gasteiger partial charge in [0, 0.05) is 15.7 Å². The summed E-state index contributed by atoms with van der Waals surface area (Å²) in [6, 6.07) is 19.1. The summed E-state index contributed by atoms with van der Waals surface area (Å²) in [5, 5.41) is 14.5. The Morgan fingerprint density at radius 3 is 2.58 bits per heavy atom. The zero-order chi connectivity index (χ0) is 27.2. The molecule has 3 aromatic carbocycles. The quantitative estimate of drug-likeness (QED) is 0.296. The van der Waals surface area contributed by atoms with Crippen LogP contribution in [0.4, 0.5) is 10.5 Å². The molecule has 0 bridgehead atoms. The third-order valence-electron chi connectivity index (χ3n) is 5.70. The van der Waals surface area contributed by atoms with E-state index < -0.39 is 24.4 Å². The lowest BCUT2D eigenvalue weighted by Crippen LogP contribution is -2.38. The van der Waals surface area contributed by atoms with Crippen LogP contribution in [0.25, 0.3) is 6.08 Å². The molecule has 0 aromatic heterocycles. The summed E-state index contributed by atoms with van der Waals surface area (Å²) in [4.78, 5) is 38.6. The van der Waals surface area contributed by atoms with Crippen LogP contribution >= 0.6 is 15.9 Å². The van der Waals surface area contributed by atoms with Crippen molar-refractivity contribution in [2.75, 3.05) is 19.0 Å². The second-order valence-electron chi connectivity index (χ2n) is 8.38. The van der Waals surface area contributed by atoms with Gasteiger partial charge in [0.2, 0.25) is 5.91 Å². The molecule has 0 spiro atoms. The van der Waals surface area contributed by atoms with Crippen molar-refractivity contribution in [1.82, 2.24) is 10.2 Å². The molecule has 9 nitrogen and oxygen atoms in total. The van der Waals surface area contributed by atoms with Gasteiger partial charge in [-0.15, -0.1) is 0 Å². The average Bonchev–Trinajstić information content (AvgIpc) is 3.17. The highest BCUT2D eigenvalue weighted by atomic mass is 79.9. The molecule has 0 unspecified atom stereocenters. The van der Waals surface area contributed by atoms with Gasteiger partial charge in [-0.1, -0.05) is 51.8 Å². The van der Waals surface area contributed by atoms with Crippen molar-refractivity contribution in [2.24, 2.45) is 0 Å². The van der Waals surface area contributed by atoms with Crippen LogP contribution in [0.2, 0.25) is 0 Å². The fourth-order valence-electron chi connectivity index (χ4n) is 3.70. The molecule has 1 aliphatic heterocycles. The molecule has 192 valence electrons. The Balaban J connectivity index is 1.48. The number of nitrogens with one attached hydrogen (secondary N) is 2. The fourth-order valence-corrected chi connectivity index (χ4v) is 4.13. The normalized spacial score (nSPS) is 13.7. The minimum atomic E-state index is -0.695. The van der Waals surface area contributed by atoms with Gasteiger partial charge in [0.15, 0.2) is 11.5 Å². The molecule has 38 heavy (non-hydrogen) atoms. The summed E-state index contributed by atoms with van der Waals surface area (Å²) in [6.07, 6.45) is 1.49. The van der Waals surface area contributed by atoms with E-state index in [1.165, 1.54) is 13.2 Å². The number of aryl methyl sites for hydroxylation is 1. The van der Waals surface area contributed by atoms with Crippen molar-refractivity contribution in [3.8, 4) is 17.6 Å². The van der Waals surface area contributed by atoms with Crippen molar-refractivity contribution in [2.45, 2.75) is 13.5 Å². The number of urea groups is 1. The van der Waals surface area contributed by atoms with Crippen LogP contribution in [-0.2, 0) is 16.2 Å². The Morgan fingerprint density at radius 2 is 1.87 bits per heavy atom. The van der Waals surface area contributed by atoms with E-state index in [1.807, 2.05) is 25.1 Å². The van der Waals surface area contributed by atoms with E-state index in [0.29, 0.717) is 32.8 Å². The number of nitrogens with zero attached hydrogens (tertiary/aromatic N) is 2. The van der Waals surface area contributed by atoms with Crippen LogP contribution in [0.5, 0.6) is 11.5 Å². The van der Waals surface area contributed by atoms with Gasteiger partial charge in [-0.3, -0.25) is 9.59 Å². The number of methoxy groups -OCH3 is 1. The molecule has 1 aliphatic rings. The molecule has 3 aromatic rings. The molecule has 1 heterocycles. The number of nitriles is 1. The zero-order valence-electron chi connectivity index (χ0n) is 20.6. The largest absolute Gasteiger partial charge is 0.493 e. The molecule has 0 atom stereocenters. The smallest absolute Gasteiger partial charge is 0.329 e. The second-order valence-corrected chi connectivity index (χ2v) is 9.23. The molecule has 2 N–H and O–H groups in total. The van der Waals surface area contributed by atoms with Gasteiger partial charge in [0.05, 0.1) is 18.7 Å². The van der Waals surface area contributed by atoms with Crippen LogP contribution in [-0.4, -0.2) is 36.4 Å². The number of anilines is 1. The molecule has 1 saturated heterocycles. The third kappa shape index (κ3) is 6.02. The number of halogens is 1. The molecule has 0 saturated carbocycles. The topological polar surface area (TPSA) is 121 Å². The summed E-state index contributed by atoms with van der Waals surface area (Å²) in [5.41, 5.74) is 3.40. The standard InChI is InChI=1S/C28H23BrN4O5/c1-17-7-9-21(10-8-17)31-26(34)15-33-27(35)23(32-28(33)36)11-20-12-24(37-2)25(13-22(20)29)38-16-19-6-4-3-5-18(19)14-30/h3-13H,15-16H2,1-2H3,(H,31,34)(H,32,36). The van der Waals surface area contributed by atoms with E-state index in [9.17, 15) is 19.6 Å². The van der Waals surface area contributed by atoms with E-state index >= 15 is 0 Å². The first-order valence-corrected chi connectivity index (χ1v) is 12.3. The van der Waals surface area contributed by atoms with Gasteiger partial charge in [-0.05, 0) is 48.9 Å². The summed E-state index contributed by atoms with van der Waals surface area (Å²) in [7, 11) is 1.48. The van der Waals surface area contributed by atoms with Crippen molar-refractivity contribution in [1.29, 1.82) is 5.26 Å². The molecule has 4 amide bonds. The molecule has 1 fully saturated rings. The van der Waals surface area contributed by atoms with Gasteiger partial charge in [-0.2, -0.15) is 5.26 Å². The van der Waals surface area contributed by atoms with Crippen molar-refractivity contribution in [3.63, 3.8) is 0 Å². The van der Waals surface area contributed by atoms with E-state index in [-0.39, 0.29) is 12.3 Å². The number of hydrogen-bond acceptors (Lipinski definition) is 6. The second kappa shape index (κ2) is 11.6. The Hall–Kier alpha value is -4.62. The first kappa shape index (κ1) is 26.4. The Bertz CT molecular complexity index is 1480. The SMILES string of the molecule is COc1cc(C=C2NC(=O)N(CC(=O)Nc3ccc(C)cc3)C2=O)c(Br)cc1OCc1ccccc1C#N. The number of carbonyl (C=O) groups is 3. The minimum Gasteiger partial charge on any atom is -0.493 e. The van der Waals surface area contributed by atoms with E-state index in [4.69, 9.17) is 9.47 Å². The lowest BCUT2D eigenvalue weighted by molar-refractivity contribution is -0.127. The van der Waals surface area contributed by atoms with Crippen LogP contribution < -0.4 is 20.1 Å². The lowest BCUT2D eigenvalue weighted by atomic mass is 10.1. The molecular formula is C28H23BrN4O5. The summed E-state index contributed by atoms with van der Waals surface area (Å²) in [6.45, 7) is 1.65. The van der Waals surface area contributed by atoms with Crippen LogP contribution in [0.3, 0.4) is 0 Å². The summed E-state index contributed by atoms with van der Waals surface area (Å²) >= 11 is 3.47. The third-order valence-corrected chi connectivity index (χ3v) is 6.39. The number of carbonyl (C=O) groups excluding carboxylic acids is 3. The van der Waals surface area contributed by atoms with Crippen molar-refractivity contribution >= 4 is 45.5 Å². The first-order chi connectivity index (χ1) is 18.3. The zero-order valence-corrected chi connectivity index (χ0v) is 22.2. The van der Waals surface area contributed by atoms with Gasteiger partial charge < -0.3 is 20.1 Å². The average molecular weight is 575 g/mol. The Kier molecular flexibility index (Phi) is 8.09. The van der Waals surface area contributed by atoms with Crippen molar-refractivity contribution in [3.05, 3.63) is 93.1 Å². The van der Waals surface area contributed by atoms with Crippen LogP contribution in [0.1, 0.15) is 22.3 Å². The molecule has 4 rings (SSSR count). The monoisotopic (exact) mass is 574 g/mol. The van der Waals surface area contributed by atoms with E-state index in [0.717, 1.165) is 16.0 Å². The molecule has 0 aliphatic carbocycles. The maximum absolute atomic E-state index is 12.9. The van der Waals surface area contributed by atoms with Crippen LogP contribution in [0, 0.1) is 18.3 Å². The number of imide groups is 1. The van der Waals surface area contributed by atoms with Gasteiger partial charge in [0.25, 0.3) is 5.91 Å². The predicted octanol–water partition coefficient (Wildman–Crippen LogP) is 4.75. The van der Waals surface area contributed by atoms with Crippen LogP contribution in [0.15, 0.2) is 70.8 Å². The first-order valence-electron chi connectivity index (χ1n) is 11.5. The predicted molar refractivity (Wildman–Crippen MR) is 144 cm³/mol. The Labute approximate surface area is 227 Å². The number of benzene rings is 3. The summed E-state index contributed by atoms with van der Waals surface area (Å²) in [5.74, 6) is -0.319. The number of ether oxygens (including phenoxy) is 2.